The van der Waals surface area contributed by atoms with Gasteiger partial charge < -0.3 is 19.5 Å². The quantitative estimate of drug-likeness (QED) is 0.655. The van der Waals surface area contributed by atoms with Gasteiger partial charge in [-0.2, -0.15) is 0 Å². The summed E-state index contributed by atoms with van der Waals surface area (Å²) in [6.45, 7) is 5.89. The minimum atomic E-state index is -3.25. The number of H-pyrrole nitrogens is 1. The minimum absolute atomic E-state index is 0.0377. The number of ether oxygens (including phenoxy) is 1. The van der Waals surface area contributed by atoms with E-state index in [9.17, 15) is 9.36 Å². The highest BCUT2D eigenvalue weighted by Gasteiger charge is 2.25. The van der Waals surface area contributed by atoms with Crippen LogP contribution in [0.5, 0.6) is 0 Å². The van der Waals surface area contributed by atoms with Crippen molar-refractivity contribution >= 4 is 19.1 Å². The zero-order valence-corrected chi connectivity index (χ0v) is 14.9. The topological polar surface area (TPSA) is 121 Å². The van der Waals surface area contributed by atoms with Gasteiger partial charge in [0.25, 0.3) is 5.56 Å². The molecule has 2 heterocycles. The summed E-state index contributed by atoms with van der Waals surface area (Å²) in [6, 6.07) is 3.44. The predicted molar refractivity (Wildman–Crippen MR) is 90.2 cm³/mol. The second-order valence-electron chi connectivity index (χ2n) is 5.22. The molecule has 2 aromatic rings. The maximum Gasteiger partial charge on any atom is 0.356 e. The fourth-order valence-electron chi connectivity index (χ4n) is 2.31. The van der Waals surface area contributed by atoms with Gasteiger partial charge in [-0.15, -0.1) is 5.10 Å². The molecule has 2 aromatic heterocycles. The Morgan fingerprint density at radius 3 is 2.62 bits per heavy atom. The van der Waals surface area contributed by atoms with Crippen molar-refractivity contribution in [3.05, 3.63) is 28.2 Å². The van der Waals surface area contributed by atoms with Gasteiger partial charge in [-0.1, -0.05) is 0 Å². The highest BCUT2D eigenvalue weighted by atomic mass is 31.2. The standard InChI is InChI=1S/C14H23N4O5P/c1-4-22-24(20,23-5-2)9-21-10(3)8-11-6-7-12-13(19)16-14(15)17-18(11)12/h6-7,10H,4-5,8-9H2,1-3H3,(H3,15,16,17,19). The molecule has 0 bridgehead atoms. The summed E-state index contributed by atoms with van der Waals surface area (Å²) in [7, 11) is -3.25. The van der Waals surface area contributed by atoms with Crippen molar-refractivity contribution in [2.45, 2.75) is 33.3 Å². The number of anilines is 1. The maximum absolute atomic E-state index is 12.4. The van der Waals surface area contributed by atoms with Gasteiger partial charge in [0.1, 0.15) is 11.9 Å². The van der Waals surface area contributed by atoms with E-state index in [0.717, 1.165) is 5.69 Å². The van der Waals surface area contributed by atoms with Crippen LogP contribution in [0.25, 0.3) is 5.52 Å². The van der Waals surface area contributed by atoms with E-state index in [2.05, 4.69) is 10.1 Å². The first-order valence-corrected chi connectivity index (χ1v) is 9.47. The highest BCUT2D eigenvalue weighted by Crippen LogP contribution is 2.48. The fraction of sp³-hybridized carbons (Fsp3) is 0.571. The Hall–Kier alpha value is -1.67. The molecule has 0 aromatic carbocycles. The van der Waals surface area contributed by atoms with Crippen LogP contribution in [-0.4, -0.2) is 40.3 Å². The van der Waals surface area contributed by atoms with E-state index in [4.69, 9.17) is 19.5 Å². The first-order chi connectivity index (χ1) is 11.4. The minimum Gasteiger partial charge on any atom is -0.368 e. The number of fused-ring (bicyclic) bond motifs is 1. The van der Waals surface area contributed by atoms with Gasteiger partial charge in [0.05, 0.1) is 19.3 Å². The molecule has 10 heteroatoms. The third kappa shape index (κ3) is 4.45. The van der Waals surface area contributed by atoms with E-state index >= 15 is 0 Å². The van der Waals surface area contributed by atoms with E-state index in [1.165, 1.54) is 4.52 Å². The lowest BCUT2D eigenvalue weighted by atomic mass is 10.2. The van der Waals surface area contributed by atoms with Crippen LogP contribution in [0.15, 0.2) is 16.9 Å². The Balaban J connectivity index is 2.06. The molecule has 1 atom stereocenters. The number of aromatic nitrogens is 3. The van der Waals surface area contributed by atoms with E-state index in [1.54, 1.807) is 26.0 Å². The van der Waals surface area contributed by atoms with E-state index in [1.807, 2.05) is 6.92 Å². The van der Waals surface area contributed by atoms with Crippen LogP contribution in [0.1, 0.15) is 26.5 Å². The summed E-state index contributed by atoms with van der Waals surface area (Å²) in [5.74, 6) is 0.0377. The van der Waals surface area contributed by atoms with Crippen LogP contribution >= 0.6 is 7.60 Å². The average Bonchev–Trinajstić information content (AvgIpc) is 2.89. The van der Waals surface area contributed by atoms with Gasteiger partial charge in [0.2, 0.25) is 5.95 Å². The van der Waals surface area contributed by atoms with E-state index < -0.39 is 7.60 Å². The lowest BCUT2D eigenvalue weighted by molar-refractivity contribution is 0.0770. The third-order valence-corrected chi connectivity index (χ3v) is 5.05. The van der Waals surface area contributed by atoms with E-state index in [-0.39, 0.29) is 37.2 Å². The molecule has 24 heavy (non-hydrogen) atoms. The van der Waals surface area contributed by atoms with Gasteiger partial charge in [-0.3, -0.25) is 14.3 Å². The lowest BCUT2D eigenvalue weighted by Gasteiger charge is -2.19. The van der Waals surface area contributed by atoms with Crippen LogP contribution in [0.3, 0.4) is 0 Å². The Kier molecular flexibility index (Phi) is 6.17. The van der Waals surface area contributed by atoms with Gasteiger partial charge in [0.15, 0.2) is 0 Å². The third-order valence-electron chi connectivity index (χ3n) is 3.28. The monoisotopic (exact) mass is 358 g/mol. The first-order valence-electron chi connectivity index (χ1n) is 7.74. The van der Waals surface area contributed by atoms with Crippen molar-refractivity contribution in [3.8, 4) is 0 Å². The van der Waals surface area contributed by atoms with Crippen molar-refractivity contribution in [2.75, 3.05) is 25.3 Å². The Morgan fingerprint density at radius 1 is 1.33 bits per heavy atom. The highest BCUT2D eigenvalue weighted by molar-refractivity contribution is 7.53. The van der Waals surface area contributed by atoms with Crippen molar-refractivity contribution in [3.63, 3.8) is 0 Å². The van der Waals surface area contributed by atoms with Gasteiger partial charge in [0, 0.05) is 12.1 Å². The zero-order valence-electron chi connectivity index (χ0n) is 14.0. The molecule has 0 radical (unpaired) electrons. The normalized spacial score (nSPS) is 13.5. The van der Waals surface area contributed by atoms with Crippen LogP contribution in [-0.2, 0) is 24.8 Å². The largest absolute Gasteiger partial charge is 0.368 e. The summed E-state index contributed by atoms with van der Waals surface area (Å²) in [5.41, 5.74) is 6.44. The molecular formula is C14H23N4O5P. The maximum atomic E-state index is 12.4. The van der Waals surface area contributed by atoms with Crippen molar-refractivity contribution in [1.82, 2.24) is 14.6 Å². The Labute approximate surface area is 139 Å². The number of hydrogen-bond donors (Lipinski definition) is 2. The Morgan fingerprint density at radius 2 is 2.00 bits per heavy atom. The summed E-state index contributed by atoms with van der Waals surface area (Å²) < 4.78 is 29.9. The van der Waals surface area contributed by atoms with Gasteiger partial charge >= 0.3 is 7.60 Å². The lowest BCUT2D eigenvalue weighted by Crippen LogP contribution is -2.19. The SMILES string of the molecule is CCOP(=O)(COC(C)Cc1ccc2c(=O)[nH]c(N)nn12)OCC. The van der Waals surface area contributed by atoms with Crippen molar-refractivity contribution < 1.29 is 18.3 Å². The fourth-order valence-corrected chi connectivity index (χ4v) is 3.75. The molecule has 9 nitrogen and oxygen atoms in total. The number of nitrogen functional groups attached to an aromatic ring is 1. The molecule has 134 valence electrons. The van der Waals surface area contributed by atoms with Crippen LogP contribution in [0.2, 0.25) is 0 Å². The summed E-state index contributed by atoms with van der Waals surface area (Å²) in [5, 5.41) is 4.10. The zero-order chi connectivity index (χ0) is 17.7. The molecule has 1 unspecified atom stereocenters. The molecule has 0 saturated carbocycles. The molecule has 2 rings (SSSR count). The Bertz CT molecular complexity index is 777. The van der Waals surface area contributed by atoms with Crippen LogP contribution in [0, 0.1) is 0 Å². The molecule has 0 spiro atoms. The summed E-state index contributed by atoms with van der Waals surface area (Å²) in [6.07, 6.45) is 0.0529. The smallest absolute Gasteiger partial charge is 0.356 e. The summed E-state index contributed by atoms with van der Waals surface area (Å²) in [4.78, 5) is 14.2. The second kappa shape index (κ2) is 7.94. The molecule has 0 saturated heterocycles. The molecule has 0 aliphatic rings. The predicted octanol–water partition coefficient (Wildman–Crippen LogP) is 1.78. The first kappa shape index (κ1) is 18.7. The number of nitrogens with one attached hydrogen (secondary N) is 1. The molecule has 0 fully saturated rings. The summed E-state index contributed by atoms with van der Waals surface area (Å²) >= 11 is 0. The molecular weight excluding hydrogens is 335 g/mol. The van der Waals surface area contributed by atoms with Crippen LogP contribution < -0.4 is 11.3 Å². The molecule has 0 amide bonds. The van der Waals surface area contributed by atoms with E-state index in [0.29, 0.717) is 11.9 Å². The number of aromatic amines is 1. The number of hydrogen-bond acceptors (Lipinski definition) is 7. The van der Waals surface area contributed by atoms with Crippen molar-refractivity contribution in [2.24, 2.45) is 0 Å². The number of rotatable bonds is 9. The van der Waals surface area contributed by atoms with Gasteiger partial charge in [-0.05, 0) is 32.9 Å². The van der Waals surface area contributed by atoms with Crippen LogP contribution in [0.4, 0.5) is 5.95 Å². The number of nitrogens with zero attached hydrogens (tertiary/aromatic N) is 2. The second-order valence-corrected chi connectivity index (χ2v) is 7.21. The molecule has 0 aliphatic heterocycles. The molecule has 0 aliphatic carbocycles. The molecule has 3 N–H and O–H groups in total. The average molecular weight is 358 g/mol. The number of nitrogens with two attached hydrogens (primary N) is 1. The van der Waals surface area contributed by atoms with Crippen molar-refractivity contribution in [1.29, 1.82) is 0 Å². The van der Waals surface area contributed by atoms with Gasteiger partial charge in [-0.25, -0.2) is 4.52 Å².